The molecule has 0 spiro atoms. The lowest BCUT2D eigenvalue weighted by molar-refractivity contribution is 0.0945. The normalized spacial score (nSPS) is 12.4. The van der Waals surface area contributed by atoms with Crippen molar-refractivity contribution in [1.29, 1.82) is 0 Å². The standard InChI is InChI=1S/C23H32N2O3S/c1-5-7-10-19(6-2)16-24-23(26)20-13-12-18(4)22(15-20)29(27,28)25-21-11-8-9-17(3)14-21/h8-9,11-15,19,25H,5-7,10,16H2,1-4H3,(H,24,26). The fourth-order valence-electron chi connectivity index (χ4n) is 3.23. The largest absolute Gasteiger partial charge is 0.352 e. The highest BCUT2D eigenvalue weighted by molar-refractivity contribution is 7.92. The third kappa shape index (κ3) is 6.60. The summed E-state index contributed by atoms with van der Waals surface area (Å²) in [6, 6.07) is 12.0. The summed E-state index contributed by atoms with van der Waals surface area (Å²) in [5.41, 5.74) is 2.41. The van der Waals surface area contributed by atoms with Gasteiger partial charge in [-0.05, 0) is 61.6 Å². The number of rotatable bonds is 10. The molecule has 0 aromatic heterocycles. The molecule has 2 N–H and O–H groups in total. The molecule has 0 radical (unpaired) electrons. The first-order chi connectivity index (χ1) is 13.8. The molecule has 5 nitrogen and oxygen atoms in total. The molecular weight excluding hydrogens is 384 g/mol. The Morgan fingerprint density at radius 3 is 2.48 bits per heavy atom. The SMILES string of the molecule is CCCCC(CC)CNC(=O)c1ccc(C)c(S(=O)(=O)Nc2cccc(C)c2)c1. The number of amides is 1. The van der Waals surface area contributed by atoms with Gasteiger partial charge in [0, 0.05) is 17.8 Å². The number of aryl methyl sites for hydroxylation is 2. The van der Waals surface area contributed by atoms with Crippen molar-refractivity contribution in [3.63, 3.8) is 0 Å². The van der Waals surface area contributed by atoms with Crippen molar-refractivity contribution in [3.8, 4) is 0 Å². The van der Waals surface area contributed by atoms with Crippen molar-refractivity contribution in [3.05, 3.63) is 59.2 Å². The molecule has 2 aromatic rings. The number of carbonyl (C=O) groups excluding carboxylic acids is 1. The fourth-order valence-corrected chi connectivity index (χ4v) is 4.55. The molecule has 0 saturated carbocycles. The molecule has 0 fully saturated rings. The molecule has 0 aliphatic heterocycles. The van der Waals surface area contributed by atoms with Gasteiger partial charge in [-0.2, -0.15) is 0 Å². The van der Waals surface area contributed by atoms with Gasteiger partial charge in [0.25, 0.3) is 15.9 Å². The number of hydrogen-bond donors (Lipinski definition) is 2. The van der Waals surface area contributed by atoms with Gasteiger partial charge < -0.3 is 5.32 Å². The van der Waals surface area contributed by atoms with E-state index in [0.29, 0.717) is 29.3 Å². The third-order valence-electron chi connectivity index (χ3n) is 5.10. The molecule has 2 aromatic carbocycles. The minimum Gasteiger partial charge on any atom is -0.352 e. The second kappa shape index (κ2) is 10.4. The minimum absolute atomic E-state index is 0.115. The first kappa shape index (κ1) is 22.9. The van der Waals surface area contributed by atoms with E-state index in [4.69, 9.17) is 0 Å². The number of anilines is 1. The Balaban J connectivity index is 2.16. The zero-order valence-electron chi connectivity index (χ0n) is 17.8. The summed E-state index contributed by atoms with van der Waals surface area (Å²) in [6.45, 7) is 8.51. The van der Waals surface area contributed by atoms with Crippen LogP contribution in [0, 0.1) is 19.8 Å². The van der Waals surface area contributed by atoms with E-state index >= 15 is 0 Å². The molecule has 0 aliphatic rings. The quantitative estimate of drug-likeness (QED) is 0.569. The van der Waals surface area contributed by atoms with Crippen molar-refractivity contribution in [2.75, 3.05) is 11.3 Å². The van der Waals surface area contributed by atoms with Gasteiger partial charge in [0.15, 0.2) is 0 Å². The number of benzene rings is 2. The summed E-state index contributed by atoms with van der Waals surface area (Å²) in [7, 11) is -3.79. The highest BCUT2D eigenvalue weighted by atomic mass is 32.2. The predicted molar refractivity (Wildman–Crippen MR) is 119 cm³/mol. The van der Waals surface area contributed by atoms with Crippen LogP contribution in [0.2, 0.25) is 0 Å². The highest BCUT2D eigenvalue weighted by Gasteiger charge is 2.20. The van der Waals surface area contributed by atoms with Gasteiger partial charge in [0.2, 0.25) is 0 Å². The van der Waals surface area contributed by atoms with E-state index in [-0.39, 0.29) is 10.8 Å². The Hall–Kier alpha value is -2.34. The summed E-state index contributed by atoms with van der Waals surface area (Å²) in [5.74, 6) is 0.197. The molecule has 6 heteroatoms. The average molecular weight is 417 g/mol. The molecule has 0 bridgehead atoms. The Kier molecular flexibility index (Phi) is 8.26. The number of sulfonamides is 1. The summed E-state index contributed by atoms with van der Waals surface area (Å²) >= 11 is 0. The third-order valence-corrected chi connectivity index (χ3v) is 6.63. The Morgan fingerprint density at radius 1 is 1.07 bits per heavy atom. The van der Waals surface area contributed by atoms with Crippen LogP contribution in [0.25, 0.3) is 0 Å². The molecule has 1 unspecified atom stereocenters. The van der Waals surface area contributed by atoms with E-state index in [0.717, 1.165) is 31.2 Å². The summed E-state index contributed by atoms with van der Waals surface area (Å²) < 4.78 is 28.4. The van der Waals surface area contributed by atoms with Crippen LogP contribution in [-0.2, 0) is 10.0 Å². The lowest BCUT2D eigenvalue weighted by atomic mass is 9.99. The van der Waals surface area contributed by atoms with Crippen molar-refractivity contribution in [1.82, 2.24) is 5.32 Å². The molecule has 29 heavy (non-hydrogen) atoms. The Bertz CT molecular complexity index is 939. The second-order valence-electron chi connectivity index (χ2n) is 7.58. The second-order valence-corrected chi connectivity index (χ2v) is 9.23. The van der Waals surface area contributed by atoms with E-state index in [1.165, 1.54) is 6.07 Å². The predicted octanol–water partition coefficient (Wildman–Crippen LogP) is 5.05. The fraction of sp³-hybridized carbons (Fsp3) is 0.435. The first-order valence-electron chi connectivity index (χ1n) is 10.2. The van der Waals surface area contributed by atoms with Gasteiger partial charge in [-0.15, -0.1) is 0 Å². The smallest absolute Gasteiger partial charge is 0.262 e. The van der Waals surface area contributed by atoms with Gasteiger partial charge in [0.1, 0.15) is 0 Å². The molecule has 0 aliphatic carbocycles. The zero-order chi connectivity index (χ0) is 21.4. The Labute approximate surface area is 175 Å². The number of unbranched alkanes of at least 4 members (excludes halogenated alkanes) is 1. The van der Waals surface area contributed by atoms with Crippen LogP contribution in [0.15, 0.2) is 47.4 Å². The number of carbonyl (C=O) groups is 1. The number of nitrogens with one attached hydrogen (secondary N) is 2. The summed E-state index contributed by atoms with van der Waals surface area (Å²) in [4.78, 5) is 12.7. The van der Waals surface area contributed by atoms with Crippen LogP contribution < -0.4 is 10.0 Å². The van der Waals surface area contributed by atoms with Crippen LogP contribution in [0.4, 0.5) is 5.69 Å². The van der Waals surface area contributed by atoms with E-state index < -0.39 is 10.0 Å². The first-order valence-corrected chi connectivity index (χ1v) is 11.7. The molecular formula is C23H32N2O3S. The van der Waals surface area contributed by atoms with E-state index in [1.807, 2.05) is 13.0 Å². The maximum absolute atomic E-state index is 12.9. The lowest BCUT2D eigenvalue weighted by Crippen LogP contribution is -2.29. The molecule has 2 rings (SSSR count). The van der Waals surface area contributed by atoms with E-state index in [2.05, 4.69) is 23.9 Å². The van der Waals surface area contributed by atoms with Gasteiger partial charge in [-0.25, -0.2) is 8.42 Å². The Morgan fingerprint density at radius 2 is 1.83 bits per heavy atom. The van der Waals surface area contributed by atoms with Crippen LogP contribution in [-0.4, -0.2) is 20.9 Å². The zero-order valence-corrected chi connectivity index (χ0v) is 18.6. The van der Waals surface area contributed by atoms with Crippen molar-refractivity contribution in [2.45, 2.75) is 58.3 Å². The monoisotopic (exact) mass is 416 g/mol. The van der Waals surface area contributed by atoms with Crippen molar-refractivity contribution in [2.24, 2.45) is 5.92 Å². The van der Waals surface area contributed by atoms with E-state index in [9.17, 15) is 13.2 Å². The van der Waals surface area contributed by atoms with Crippen molar-refractivity contribution < 1.29 is 13.2 Å². The summed E-state index contributed by atoms with van der Waals surface area (Å²) in [5, 5.41) is 2.96. The maximum Gasteiger partial charge on any atom is 0.262 e. The van der Waals surface area contributed by atoms with Gasteiger partial charge >= 0.3 is 0 Å². The lowest BCUT2D eigenvalue weighted by Gasteiger charge is -2.16. The summed E-state index contributed by atoms with van der Waals surface area (Å²) in [6.07, 6.45) is 4.37. The minimum atomic E-state index is -3.79. The molecule has 1 atom stereocenters. The van der Waals surface area contributed by atoms with E-state index in [1.54, 1.807) is 37.3 Å². The maximum atomic E-state index is 12.9. The molecule has 1 amide bonds. The topological polar surface area (TPSA) is 75.3 Å². The molecule has 0 saturated heterocycles. The average Bonchev–Trinajstić information content (AvgIpc) is 2.67. The van der Waals surface area contributed by atoms with Crippen LogP contribution in [0.1, 0.15) is 61.0 Å². The van der Waals surface area contributed by atoms with Gasteiger partial charge in [0.05, 0.1) is 4.90 Å². The molecule has 158 valence electrons. The highest BCUT2D eigenvalue weighted by Crippen LogP contribution is 2.21. The van der Waals surface area contributed by atoms with Crippen LogP contribution >= 0.6 is 0 Å². The van der Waals surface area contributed by atoms with Gasteiger partial charge in [-0.1, -0.05) is 51.3 Å². The van der Waals surface area contributed by atoms with Crippen LogP contribution in [0.5, 0.6) is 0 Å². The number of hydrogen-bond acceptors (Lipinski definition) is 3. The van der Waals surface area contributed by atoms with Crippen molar-refractivity contribution >= 4 is 21.6 Å². The molecule has 0 heterocycles. The van der Waals surface area contributed by atoms with Crippen LogP contribution in [0.3, 0.4) is 0 Å². The van der Waals surface area contributed by atoms with Gasteiger partial charge in [-0.3, -0.25) is 9.52 Å².